The fraction of sp³-hybridized carbons (Fsp3) is 0.312. The van der Waals surface area contributed by atoms with Gasteiger partial charge >= 0.3 is 0 Å². The van der Waals surface area contributed by atoms with Gasteiger partial charge in [-0.3, -0.25) is 10.1 Å². The molecular formula is C16H19N3O. The third-order valence-electron chi connectivity index (χ3n) is 3.14. The lowest BCUT2D eigenvalue weighted by molar-refractivity contribution is -0.117. The van der Waals surface area contributed by atoms with E-state index in [0.29, 0.717) is 5.95 Å². The first-order valence-electron chi connectivity index (χ1n) is 6.78. The van der Waals surface area contributed by atoms with Gasteiger partial charge in [0.15, 0.2) is 0 Å². The van der Waals surface area contributed by atoms with Crippen LogP contribution in [0, 0.1) is 13.8 Å². The molecule has 0 aliphatic rings. The Bertz CT molecular complexity index is 576. The SMILES string of the molecule is CC[C@@H](C(=O)Nc1nc(C)cc(C)n1)c1ccccc1. The van der Waals surface area contributed by atoms with Crippen molar-refractivity contribution < 1.29 is 4.79 Å². The van der Waals surface area contributed by atoms with Gasteiger partial charge in [0.25, 0.3) is 0 Å². The zero-order chi connectivity index (χ0) is 14.5. The Labute approximate surface area is 119 Å². The molecule has 1 aromatic carbocycles. The van der Waals surface area contributed by atoms with Gasteiger partial charge in [0.1, 0.15) is 0 Å². The fourth-order valence-corrected chi connectivity index (χ4v) is 2.24. The maximum atomic E-state index is 12.4. The molecule has 1 heterocycles. The molecule has 0 radical (unpaired) electrons. The highest BCUT2D eigenvalue weighted by molar-refractivity contribution is 5.94. The number of carbonyl (C=O) groups excluding carboxylic acids is 1. The van der Waals surface area contributed by atoms with Crippen molar-refractivity contribution in [1.82, 2.24) is 9.97 Å². The first-order valence-corrected chi connectivity index (χ1v) is 6.78. The lowest BCUT2D eigenvalue weighted by atomic mass is 9.96. The molecule has 0 aliphatic heterocycles. The van der Waals surface area contributed by atoms with Gasteiger partial charge in [0.2, 0.25) is 11.9 Å². The van der Waals surface area contributed by atoms with Crippen molar-refractivity contribution in [3.8, 4) is 0 Å². The Hall–Kier alpha value is -2.23. The standard InChI is InChI=1S/C16H19N3O/c1-4-14(13-8-6-5-7-9-13)15(20)19-16-17-11(2)10-12(3)18-16/h5-10,14H,4H2,1-3H3,(H,17,18,19,20)/t14-/m1/s1. The van der Waals surface area contributed by atoms with Crippen molar-refractivity contribution in [2.45, 2.75) is 33.1 Å². The van der Waals surface area contributed by atoms with Crippen LogP contribution in [0.3, 0.4) is 0 Å². The molecule has 20 heavy (non-hydrogen) atoms. The molecule has 0 bridgehead atoms. The minimum Gasteiger partial charge on any atom is -0.294 e. The van der Waals surface area contributed by atoms with Crippen LogP contribution in [0.25, 0.3) is 0 Å². The molecule has 0 unspecified atom stereocenters. The molecule has 0 spiro atoms. The van der Waals surface area contributed by atoms with E-state index >= 15 is 0 Å². The van der Waals surface area contributed by atoms with Crippen molar-refractivity contribution >= 4 is 11.9 Å². The molecule has 2 rings (SSSR count). The second-order valence-corrected chi connectivity index (χ2v) is 4.84. The quantitative estimate of drug-likeness (QED) is 0.927. The van der Waals surface area contributed by atoms with Crippen molar-refractivity contribution in [2.24, 2.45) is 0 Å². The smallest absolute Gasteiger partial charge is 0.234 e. The molecule has 0 fully saturated rings. The van der Waals surface area contributed by atoms with Crippen LogP contribution >= 0.6 is 0 Å². The molecule has 0 aliphatic carbocycles. The number of hydrogen-bond donors (Lipinski definition) is 1. The van der Waals surface area contributed by atoms with Gasteiger partial charge in [-0.2, -0.15) is 0 Å². The highest BCUT2D eigenvalue weighted by Crippen LogP contribution is 2.20. The normalized spacial score (nSPS) is 11.9. The summed E-state index contributed by atoms with van der Waals surface area (Å²) in [6.07, 6.45) is 0.737. The Balaban J connectivity index is 2.18. The van der Waals surface area contributed by atoms with Crippen molar-refractivity contribution in [3.05, 3.63) is 53.3 Å². The number of amides is 1. The largest absolute Gasteiger partial charge is 0.294 e. The van der Waals surface area contributed by atoms with Crippen LogP contribution in [0.5, 0.6) is 0 Å². The van der Waals surface area contributed by atoms with Gasteiger partial charge in [0, 0.05) is 11.4 Å². The van der Waals surface area contributed by atoms with Crippen molar-refractivity contribution in [1.29, 1.82) is 0 Å². The number of hydrogen-bond acceptors (Lipinski definition) is 3. The lowest BCUT2D eigenvalue weighted by Gasteiger charge is -2.14. The second-order valence-electron chi connectivity index (χ2n) is 4.84. The van der Waals surface area contributed by atoms with Crippen LogP contribution < -0.4 is 5.32 Å². The van der Waals surface area contributed by atoms with Crippen LogP contribution in [0.4, 0.5) is 5.95 Å². The Morgan fingerprint density at radius 1 is 1.15 bits per heavy atom. The van der Waals surface area contributed by atoms with E-state index < -0.39 is 0 Å². The zero-order valence-electron chi connectivity index (χ0n) is 12.1. The van der Waals surface area contributed by atoms with Crippen LogP contribution in [0.15, 0.2) is 36.4 Å². The molecule has 1 aromatic heterocycles. The summed E-state index contributed by atoms with van der Waals surface area (Å²) in [6.45, 7) is 5.78. The predicted molar refractivity (Wildman–Crippen MR) is 79.6 cm³/mol. The van der Waals surface area contributed by atoms with Gasteiger partial charge in [-0.15, -0.1) is 0 Å². The summed E-state index contributed by atoms with van der Waals surface area (Å²) in [5, 5.41) is 2.81. The minimum atomic E-state index is -0.180. The maximum Gasteiger partial charge on any atom is 0.234 e. The average Bonchev–Trinajstić information content (AvgIpc) is 2.39. The van der Waals surface area contributed by atoms with Crippen LogP contribution in [0.2, 0.25) is 0 Å². The fourth-order valence-electron chi connectivity index (χ4n) is 2.24. The third kappa shape index (κ3) is 3.41. The van der Waals surface area contributed by atoms with E-state index in [1.165, 1.54) is 0 Å². The summed E-state index contributed by atoms with van der Waals surface area (Å²) in [5.74, 6) is 0.131. The molecule has 0 saturated carbocycles. The summed E-state index contributed by atoms with van der Waals surface area (Å²) >= 11 is 0. The number of rotatable bonds is 4. The van der Waals surface area contributed by atoms with E-state index in [-0.39, 0.29) is 11.8 Å². The average molecular weight is 269 g/mol. The molecule has 4 nitrogen and oxygen atoms in total. The highest BCUT2D eigenvalue weighted by Gasteiger charge is 2.19. The third-order valence-corrected chi connectivity index (χ3v) is 3.14. The topological polar surface area (TPSA) is 54.9 Å². The highest BCUT2D eigenvalue weighted by atomic mass is 16.2. The van der Waals surface area contributed by atoms with E-state index in [2.05, 4.69) is 15.3 Å². The monoisotopic (exact) mass is 269 g/mol. The van der Waals surface area contributed by atoms with Crippen LogP contribution in [0.1, 0.15) is 36.2 Å². The van der Waals surface area contributed by atoms with Crippen LogP contribution in [-0.4, -0.2) is 15.9 Å². The molecule has 2 aromatic rings. The number of nitrogens with zero attached hydrogens (tertiary/aromatic N) is 2. The van der Waals surface area contributed by atoms with Crippen molar-refractivity contribution in [2.75, 3.05) is 5.32 Å². The summed E-state index contributed by atoms with van der Waals surface area (Å²) in [4.78, 5) is 20.9. The van der Waals surface area contributed by atoms with E-state index in [4.69, 9.17) is 0 Å². The second kappa shape index (κ2) is 6.28. The summed E-state index contributed by atoms with van der Waals surface area (Å²) in [6, 6.07) is 11.6. The van der Waals surface area contributed by atoms with Crippen molar-refractivity contribution in [3.63, 3.8) is 0 Å². The number of nitrogens with one attached hydrogen (secondary N) is 1. The number of aromatic nitrogens is 2. The van der Waals surface area contributed by atoms with Gasteiger partial charge in [0.05, 0.1) is 5.92 Å². The summed E-state index contributed by atoms with van der Waals surface area (Å²) < 4.78 is 0. The molecule has 0 saturated heterocycles. The van der Waals surface area contributed by atoms with Gasteiger partial charge in [-0.1, -0.05) is 37.3 Å². The van der Waals surface area contributed by atoms with Crippen LogP contribution in [-0.2, 0) is 4.79 Å². The van der Waals surface area contributed by atoms with Gasteiger partial charge in [-0.05, 0) is 31.9 Å². The number of aryl methyl sites for hydroxylation is 2. The van der Waals surface area contributed by atoms with Gasteiger partial charge in [-0.25, -0.2) is 9.97 Å². The van der Waals surface area contributed by atoms with E-state index in [1.54, 1.807) is 0 Å². The molecule has 1 amide bonds. The Morgan fingerprint density at radius 3 is 2.30 bits per heavy atom. The molecule has 4 heteroatoms. The van der Waals surface area contributed by atoms with E-state index in [9.17, 15) is 4.79 Å². The van der Waals surface area contributed by atoms with Gasteiger partial charge < -0.3 is 0 Å². The Morgan fingerprint density at radius 2 is 1.75 bits per heavy atom. The predicted octanol–water partition coefficient (Wildman–Crippen LogP) is 3.23. The van der Waals surface area contributed by atoms with E-state index in [1.807, 2.05) is 57.2 Å². The minimum absolute atomic E-state index is 0.0660. The number of benzene rings is 1. The Kier molecular flexibility index (Phi) is 4.45. The zero-order valence-corrected chi connectivity index (χ0v) is 12.1. The molecule has 1 atom stereocenters. The first kappa shape index (κ1) is 14.2. The lowest BCUT2D eigenvalue weighted by Crippen LogP contribution is -2.22. The number of anilines is 1. The molecular weight excluding hydrogens is 250 g/mol. The molecule has 104 valence electrons. The maximum absolute atomic E-state index is 12.4. The van der Waals surface area contributed by atoms with E-state index in [0.717, 1.165) is 23.4 Å². The molecule has 1 N–H and O–H groups in total. The first-order chi connectivity index (χ1) is 9.60. The summed E-state index contributed by atoms with van der Waals surface area (Å²) in [7, 11) is 0. The summed E-state index contributed by atoms with van der Waals surface area (Å²) in [5.41, 5.74) is 2.71. The number of carbonyl (C=O) groups is 1.